The molecule has 3 N–H and O–H groups in total. The van der Waals surface area contributed by atoms with E-state index in [9.17, 15) is 20.0 Å². The fourth-order valence-corrected chi connectivity index (χ4v) is 1.39. The number of phenols is 1. The van der Waals surface area contributed by atoms with Crippen molar-refractivity contribution in [1.82, 2.24) is 5.32 Å². The molecule has 0 saturated carbocycles. The maximum atomic E-state index is 11.7. The molecule has 1 aromatic rings. The van der Waals surface area contributed by atoms with Gasteiger partial charge in [0.2, 0.25) is 5.91 Å². The highest BCUT2D eigenvalue weighted by Crippen LogP contribution is 2.28. The normalized spacial score (nSPS) is 11.3. The molecule has 1 aromatic carbocycles. The maximum Gasteiger partial charge on any atom is 0.271 e. The molecule has 0 radical (unpaired) electrons. The zero-order valence-electron chi connectivity index (χ0n) is 10.5. The van der Waals surface area contributed by atoms with E-state index in [0.717, 1.165) is 6.07 Å². The quantitative estimate of drug-likeness (QED) is 0.433. The lowest BCUT2D eigenvalue weighted by atomic mass is 10.1. The second-order valence-corrected chi connectivity index (χ2v) is 3.91. The van der Waals surface area contributed by atoms with Crippen molar-refractivity contribution < 1.29 is 14.8 Å². The van der Waals surface area contributed by atoms with E-state index in [0.29, 0.717) is 6.54 Å². The third kappa shape index (κ3) is 4.72. The minimum Gasteiger partial charge on any atom is -0.506 e. The number of benzene rings is 1. The molecule has 19 heavy (non-hydrogen) atoms. The van der Waals surface area contributed by atoms with Crippen LogP contribution < -0.4 is 10.6 Å². The Balaban J connectivity index is 0.00000324. The first-order valence-electron chi connectivity index (χ1n) is 5.38. The van der Waals surface area contributed by atoms with E-state index >= 15 is 0 Å². The highest BCUT2D eigenvalue weighted by atomic mass is 35.5. The zero-order valence-corrected chi connectivity index (χ0v) is 11.4. The summed E-state index contributed by atoms with van der Waals surface area (Å²) in [6.07, 6.45) is 0. The van der Waals surface area contributed by atoms with Crippen molar-refractivity contribution in [3.63, 3.8) is 0 Å². The second-order valence-electron chi connectivity index (χ2n) is 3.91. The van der Waals surface area contributed by atoms with Crippen LogP contribution in [0.25, 0.3) is 0 Å². The van der Waals surface area contributed by atoms with Gasteiger partial charge in [-0.3, -0.25) is 14.9 Å². The van der Waals surface area contributed by atoms with E-state index in [-0.39, 0.29) is 41.4 Å². The Morgan fingerprint density at radius 2 is 2.16 bits per heavy atom. The number of anilines is 1. The predicted molar refractivity (Wildman–Crippen MR) is 73.7 cm³/mol. The van der Waals surface area contributed by atoms with Crippen LogP contribution in [0.4, 0.5) is 11.4 Å². The van der Waals surface area contributed by atoms with Crippen LogP contribution in [-0.2, 0) is 4.79 Å². The molecule has 1 amide bonds. The number of rotatable bonds is 5. The summed E-state index contributed by atoms with van der Waals surface area (Å²) in [5, 5.41) is 25.4. The smallest absolute Gasteiger partial charge is 0.271 e. The largest absolute Gasteiger partial charge is 0.506 e. The zero-order chi connectivity index (χ0) is 13.7. The van der Waals surface area contributed by atoms with Crippen molar-refractivity contribution in [2.75, 3.05) is 18.9 Å². The molecule has 1 rings (SSSR count). The van der Waals surface area contributed by atoms with E-state index in [2.05, 4.69) is 10.6 Å². The summed E-state index contributed by atoms with van der Waals surface area (Å²) in [4.78, 5) is 21.7. The lowest BCUT2D eigenvalue weighted by Gasteiger charge is -2.12. The number of nitrogens with zero attached hydrogens (tertiary/aromatic N) is 1. The van der Waals surface area contributed by atoms with Crippen LogP contribution in [-0.4, -0.2) is 29.5 Å². The van der Waals surface area contributed by atoms with Gasteiger partial charge in [-0.05, 0) is 13.1 Å². The van der Waals surface area contributed by atoms with Crippen LogP contribution in [0.3, 0.4) is 0 Å². The highest BCUT2D eigenvalue weighted by molar-refractivity contribution is 5.94. The minimum absolute atomic E-state index is 0. The molecular weight excluding hydrogens is 274 g/mol. The van der Waals surface area contributed by atoms with Crippen molar-refractivity contribution >= 4 is 29.7 Å². The summed E-state index contributed by atoms with van der Waals surface area (Å²) in [6, 6.07) is 3.47. The Labute approximate surface area is 116 Å². The second kappa shape index (κ2) is 7.55. The van der Waals surface area contributed by atoms with Crippen molar-refractivity contribution in [2.24, 2.45) is 5.92 Å². The first kappa shape index (κ1) is 17.1. The number of aromatic hydroxyl groups is 1. The monoisotopic (exact) mass is 289 g/mol. The Bertz CT molecular complexity index is 467. The highest BCUT2D eigenvalue weighted by Gasteiger charge is 2.16. The summed E-state index contributed by atoms with van der Waals surface area (Å²) in [5.74, 6) is -0.834. The topological polar surface area (TPSA) is 104 Å². The average Bonchev–Trinajstić information content (AvgIpc) is 2.31. The first-order valence-corrected chi connectivity index (χ1v) is 5.38. The van der Waals surface area contributed by atoms with Crippen LogP contribution >= 0.6 is 12.4 Å². The molecule has 1 unspecified atom stereocenters. The van der Waals surface area contributed by atoms with Crippen molar-refractivity contribution in [3.05, 3.63) is 28.3 Å². The number of phenolic OH excluding ortho intramolecular Hbond substituents is 1. The van der Waals surface area contributed by atoms with Crippen LogP contribution in [0, 0.1) is 16.0 Å². The molecule has 8 heteroatoms. The predicted octanol–water partition coefficient (Wildman–Crippen LogP) is 1.52. The number of carbonyl (C=O) groups is 1. The van der Waals surface area contributed by atoms with Gasteiger partial charge >= 0.3 is 0 Å². The SMILES string of the molecule is CNCC(C)C(=O)Nc1cc([N+](=O)[O-])ccc1O.Cl. The molecule has 0 spiro atoms. The molecule has 0 bridgehead atoms. The summed E-state index contributed by atoms with van der Waals surface area (Å²) < 4.78 is 0. The molecule has 0 aliphatic rings. The number of non-ortho nitro benzene ring substituents is 1. The van der Waals surface area contributed by atoms with Gasteiger partial charge in [-0.15, -0.1) is 12.4 Å². The lowest BCUT2D eigenvalue weighted by Crippen LogP contribution is -2.28. The number of halogens is 1. The van der Waals surface area contributed by atoms with E-state index in [4.69, 9.17) is 0 Å². The van der Waals surface area contributed by atoms with Gasteiger partial charge in [-0.2, -0.15) is 0 Å². The third-order valence-corrected chi connectivity index (χ3v) is 2.41. The van der Waals surface area contributed by atoms with E-state index in [1.54, 1.807) is 14.0 Å². The third-order valence-electron chi connectivity index (χ3n) is 2.41. The van der Waals surface area contributed by atoms with Gasteiger partial charge in [-0.1, -0.05) is 6.92 Å². The molecular formula is C11H16ClN3O4. The molecule has 0 aliphatic carbocycles. The number of amides is 1. The number of hydrogen-bond donors (Lipinski definition) is 3. The molecule has 0 aliphatic heterocycles. The molecule has 0 aromatic heterocycles. The minimum atomic E-state index is -0.591. The number of hydrogen-bond acceptors (Lipinski definition) is 5. The standard InChI is InChI=1S/C11H15N3O4.ClH/c1-7(6-12-2)11(16)13-9-5-8(14(17)18)3-4-10(9)15;/h3-5,7,12,15H,6H2,1-2H3,(H,13,16);1H. The van der Waals surface area contributed by atoms with Gasteiger partial charge in [0.25, 0.3) is 5.69 Å². The molecule has 106 valence electrons. The Morgan fingerprint density at radius 3 is 2.68 bits per heavy atom. The Kier molecular flexibility index (Phi) is 6.81. The fourth-order valence-electron chi connectivity index (χ4n) is 1.39. The number of nitrogens with one attached hydrogen (secondary N) is 2. The van der Waals surface area contributed by atoms with Crippen LogP contribution in [0.1, 0.15) is 6.92 Å². The van der Waals surface area contributed by atoms with Crippen LogP contribution in [0.15, 0.2) is 18.2 Å². The van der Waals surface area contributed by atoms with Crippen LogP contribution in [0.2, 0.25) is 0 Å². The Morgan fingerprint density at radius 1 is 1.53 bits per heavy atom. The van der Waals surface area contributed by atoms with E-state index < -0.39 is 4.92 Å². The number of carbonyl (C=O) groups excluding carboxylic acids is 1. The maximum absolute atomic E-state index is 11.7. The van der Waals surface area contributed by atoms with Gasteiger partial charge < -0.3 is 15.7 Å². The van der Waals surface area contributed by atoms with E-state index in [1.807, 2.05) is 0 Å². The van der Waals surface area contributed by atoms with Gasteiger partial charge in [0.05, 0.1) is 10.6 Å². The Hall–Kier alpha value is -1.86. The summed E-state index contributed by atoms with van der Waals surface area (Å²) in [7, 11) is 1.72. The van der Waals surface area contributed by atoms with Gasteiger partial charge in [0.15, 0.2) is 0 Å². The van der Waals surface area contributed by atoms with Gasteiger partial charge in [-0.25, -0.2) is 0 Å². The number of nitro groups is 1. The number of nitro benzene ring substituents is 1. The molecule has 0 saturated heterocycles. The van der Waals surface area contributed by atoms with Crippen molar-refractivity contribution in [3.8, 4) is 5.75 Å². The van der Waals surface area contributed by atoms with Gasteiger partial charge in [0.1, 0.15) is 5.75 Å². The molecule has 0 heterocycles. The molecule has 1 atom stereocenters. The summed E-state index contributed by atoms with van der Waals surface area (Å²) in [6.45, 7) is 2.18. The fraction of sp³-hybridized carbons (Fsp3) is 0.364. The average molecular weight is 290 g/mol. The van der Waals surface area contributed by atoms with Crippen molar-refractivity contribution in [2.45, 2.75) is 6.92 Å². The van der Waals surface area contributed by atoms with Gasteiger partial charge in [0, 0.05) is 24.6 Å². The summed E-state index contributed by atoms with van der Waals surface area (Å²) >= 11 is 0. The molecule has 7 nitrogen and oxygen atoms in total. The lowest BCUT2D eigenvalue weighted by molar-refractivity contribution is -0.384. The van der Waals surface area contributed by atoms with Crippen molar-refractivity contribution in [1.29, 1.82) is 0 Å². The first-order chi connectivity index (χ1) is 8.45. The summed E-state index contributed by atoms with van der Waals surface area (Å²) in [5.41, 5.74) is -0.151. The molecule has 0 fully saturated rings. The van der Waals surface area contributed by atoms with E-state index in [1.165, 1.54) is 12.1 Å². The van der Waals surface area contributed by atoms with Crippen LogP contribution in [0.5, 0.6) is 5.75 Å².